The number of aliphatic hydroxyl groups excluding tert-OH is 4. The summed E-state index contributed by atoms with van der Waals surface area (Å²) in [7, 11) is 0. The van der Waals surface area contributed by atoms with Gasteiger partial charge >= 0.3 is 11.9 Å². The van der Waals surface area contributed by atoms with Crippen molar-refractivity contribution in [2.24, 2.45) is 0 Å². The maximum Gasteiger partial charge on any atom is 0.355 e. The number of rotatable bonds is 11. The third-order valence-corrected chi connectivity index (χ3v) is 11.5. The number of fused-ring (bicyclic) bond motifs is 1. The molecule has 1 amide bonds. The minimum absolute atomic E-state index is 0.0167. The maximum absolute atomic E-state index is 14.4. The van der Waals surface area contributed by atoms with Crippen molar-refractivity contribution in [3.8, 4) is 23.0 Å². The zero-order valence-corrected chi connectivity index (χ0v) is 30.7. The number of aliphatic carboxylic acids is 1. The van der Waals surface area contributed by atoms with E-state index >= 15 is 0 Å². The van der Waals surface area contributed by atoms with E-state index in [-0.39, 0.29) is 29.2 Å². The van der Waals surface area contributed by atoms with E-state index < -0.39 is 77.7 Å². The number of imidazole rings is 1. The van der Waals surface area contributed by atoms with Crippen molar-refractivity contribution in [2.75, 3.05) is 11.5 Å². The Balaban J connectivity index is 1.31. The molecule has 2 aliphatic heterocycles. The van der Waals surface area contributed by atoms with Crippen LogP contribution in [-0.4, -0.2) is 111 Å². The number of para-hydroxylation sites is 1. The molecule has 2 fully saturated rings. The topological polar surface area (TPSA) is 267 Å². The number of aromatic amines is 1. The average molecular weight is 788 g/mol. The van der Waals surface area contributed by atoms with Gasteiger partial charge in [-0.15, -0.1) is 0 Å². The van der Waals surface area contributed by atoms with Crippen molar-refractivity contribution < 1.29 is 65.0 Å². The van der Waals surface area contributed by atoms with Gasteiger partial charge in [0.05, 0.1) is 18.6 Å². The van der Waals surface area contributed by atoms with Gasteiger partial charge in [0.2, 0.25) is 0 Å². The SMILES string of the molecule is O=C(O)C1C(CC2(c3ccccc3O)CCCCC2)c2cc(O)c(OC3(O)OC(CO)C(O)C(O)C3O)cc2N1C(=O)C=Cc1ccc(O)c(Cc2cnc[nH]2)c1. The van der Waals surface area contributed by atoms with Crippen LogP contribution in [0.4, 0.5) is 5.69 Å². The second kappa shape index (κ2) is 15.8. The van der Waals surface area contributed by atoms with Crippen LogP contribution in [0.3, 0.4) is 0 Å². The number of nitrogens with zero attached hydrogens (tertiary/aromatic N) is 2. The molecule has 10 N–H and O–H groups in total. The van der Waals surface area contributed by atoms with Gasteiger partial charge in [-0.25, -0.2) is 9.78 Å². The van der Waals surface area contributed by atoms with E-state index in [2.05, 4.69) is 9.97 Å². The molecule has 0 radical (unpaired) electrons. The highest BCUT2D eigenvalue weighted by Gasteiger charge is 2.56. The van der Waals surface area contributed by atoms with Gasteiger partial charge in [-0.1, -0.05) is 43.5 Å². The Labute approximate surface area is 326 Å². The first-order valence-corrected chi connectivity index (χ1v) is 18.7. The largest absolute Gasteiger partial charge is 0.508 e. The van der Waals surface area contributed by atoms with Gasteiger partial charge in [-0.2, -0.15) is 0 Å². The van der Waals surface area contributed by atoms with Crippen LogP contribution in [0.5, 0.6) is 23.0 Å². The third-order valence-electron chi connectivity index (χ3n) is 11.5. The van der Waals surface area contributed by atoms with Crippen molar-refractivity contribution in [1.29, 1.82) is 0 Å². The van der Waals surface area contributed by atoms with E-state index in [1.165, 1.54) is 30.6 Å². The molecule has 1 aromatic heterocycles. The van der Waals surface area contributed by atoms with Gasteiger partial charge in [-0.3, -0.25) is 9.69 Å². The molecule has 3 aromatic carbocycles. The Bertz CT molecular complexity index is 2130. The number of carbonyl (C=O) groups is 2. The number of hydrogen-bond donors (Lipinski definition) is 10. The Morgan fingerprint density at radius 3 is 2.40 bits per heavy atom. The zero-order chi connectivity index (χ0) is 40.6. The molecule has 3 aliphatic rings. The smallest absolute Gasteiger partial charge is 0.355 e. The molecular formula is C41H45N3O13. The molecule has 57 heavy (non-hydrogen) atoms. The normalized spacial score (nSPS) is 27.0. The summed E-state index contributed by atoms with van der Waals surface area (Å²) in [5, 5.41) is 96.1. The first-order valence-electron chi connectivity index (χ1n) is 18.7. The Morgan fingerprint density at radius 2 is 1.72 bits per heavy atom. The van der Waals surface area contributed by atoms with Crippen LogP contribution in [0.25, 0.3) is 6.08 Å². The lowest BCUT2D eigenvalue weighted by atomic mass is 9.63. The Morgan fingerprint density at radius 1 is 0.965 bits per heavy atom. The van der Waals surface area contributed by atoms with Crippen LogP contribution in [-0.2, 0) is 26.2 Å². The fraction of sp³-hybridized carbons (Fsp3) is 0.390. The summed E-state index contributed by atoms with van der Waals surface area (Å²) in [5.74, 6) is -7.37. The van der Waals surface area contributed by atoms with Crippen molar-refractivity contribution in [3.05, 3.63) is 101 Å². The van der Waals surface area contributed by atoms with Crippen LogP contribution < -0.4 is 9.64 Å². The average Bonchev–Trinajstić information content (AvgIpc) is 3.82. The molecule has 3 heterocycles. The van der Waals surface area contributed by atoms with Crippen molar-refractivity contribution in [3.63, 3.8) is 0 Å². The molecule has 0 spiro atoms. The van der Waals surface area contributed by atoms with Crippen LogP contribution in [0, 0.1) is 0 Å². The van der Waals surface area contributed by atoms with Crippen molar-refractivity contribution in [2.45, 2.75) is 92.7 Å². The number of carbonyl (C=O) groups excluding carboxylic acids is 1. The minimum atomic E-state index is -3.12. The van der Waals surface area contributed by atoms with Crippen LogP contribution in [0.2, 0.25) is 0 Å². The number of nitrogens with one attached hydrogen (secondary N) is 1. The number of aliphatic hydroxyl groups is 5. The predicted molar refractivity (Wildman–Crippen MR) is 201 cm³/mol. The summed E-state index contributed by atoms with van der Waals surface area (Å²) in [6.07, 6.45) is 2.22. The summed E-state index contributed by atoms with van der Waals surface area (Å²) < 4.78 is 10.8. The van der Waals surface area contributed by atoms with Gasteiger partial charge < -0.3 is 60.4 Å². The summed E-state index contributed by atoms with van der Waals surface area (Å²) >= 11 is 0. The fourth-order valence-corrected chi connectivity index (χ4v) is 8.63. The molecule has 1 saturated carbocycles. The van der Waals surface area contributed by atoms with Gasteiger partial charge in [-0.05, 0) is 66.1 Å². The highest BCUT2D eigenvalue weighted by atomic mass is 16.8. The van der Waals surface area contributed by atoms with E-state index in [0.717, 1.165) is 35.9 Å². The molecule has 1 saturated heterocycles. The highest BCUT2D eigenvalue weighted by Crippen LogP contribution is 2.55. The van der Waals surface area contributed by atoms with E-state index in [4.69, 9.17) is 9.47 Å². The summed E-state index contributed by atoms with van der Waals surface area (Å²) in [4.78, 5) is 35.8. The molecule has 1 aliphatic carbocycles. The van der Waals surface area contributed by atoms with Crippen LogP contribution in [0.15, 0.2) is 73.2 Å². The van der Waals surface area contributed by atoms with Crippen molar-refractivity contribution in [1.82, 2.24) is 9.97 Å². The summed E-state index contributed by atoms with van der Waals surface area (Å²) in [5.41, 5.74) is 1.96. The second-order valence-electron chi connectivity index (χ2n) is 15.0. The molecule has 4 aromatic rings. The lowest BCUT2D eigenvalue weighted by molar-refractivity contribution is -0.422. The first kappa shape index (κ1) is 39.7. The first-order chi connectivity index (χ1) is 27.2. The molecule has 7 rings (SSSR count). The lowest BCUT2D eigenvalue weighted by Crippen LogP contribution is -2.67. The number of phenols is 3. The molecular weight excluding hydrogens is 742 g/mol. The fourth-order valence-electron chi connectivity index (χ4n) is 8.63. The van der Waals surface area contributed by atoms with Crippen LogP contribution >= 0.6 is 0 Å². The van der Waals surface area contributed by atoms with E-state index in [1.54, 1.807) is 36.5 Å². The van der Waals surface area contributed by atoms with Gasteiger partial charge in [0.25, 0.3) is 5.91 Å². The number of H-pyrrole nitrogens is 1. The number of carboxylic acids is 1. The maximum atomic E-state index is 14.4. The minimum Gasteiger partial charge on any atom is -0.508 e. The number of benzene rings is 3. The van der Waals surface area contributed by atoms with E-state index in [1.807, 2.05) is 6.07 Å². The molecule has 7 unspecified atom stereocenters. The number of ether oxygens (including phenoxy) is 2. The third kappa shape index (κ3) is 7.55. The number of phenolic OH excluding ortho intramolecular Hbond substituents is 3. The number of aromatic hydroxyl groups is 3. The number of amides is 1. The predicted octanol–water partition coefficient (Wildman–Crippen LogP) is 2.50. The molecule has 0 bridgehead atoms. The van der Waals surface area contributed by atoms with E-state index in [9.17, 15) is 55.5 Å². The standard InChI is InChI=1S/C41H45N3O13/c45-20-33-36(50)37(51)38(52)41(55,57-33)56-32-17-28-25(16-31(32)48)26(18-40(12-4-1-5-13-40)27-6-2-3-7-30(27)47)35(39(53)54)44(28)34(49)11-9-22-8-10-29(46)23(14-22)15-24-19-42-21-43-24/h2-3,6-11,14,16-17,19,21,26,33,35-38,45-48,50-52,55H,1,4-5,12-13,15,18,20H2,(H,42,43)(H,53,54). The molecule has 16 heteroatoms. The number of anilines is 1. The van der Waals surface area contributed by atoms with Gasteiger partial charge in [0, 0.05) is 47.5 Å². The molecule has 302 valence electrons. The zero-order valence-electron chi connectivity index (χ0n) is 30.7. The summed E-state index contributed by atoms with van der Waals surface area (Å²) in [6, 6.07) is 12.4. The number of hydrogen-bond acceptors (Lipinski definition) is 13. The summed E-state index contributed by atoms with van der Waals surface area (Å²) in [6.45, 7) is -0.895. The van der Waals surface area contributed by atoms with Gasteiger partial charge in [0.1, 0.15) is 35.9 Å². The van der Waals surface area contributed by atoms with Crippen molar-refractivity contribution >= 4 is 23.6 Å². The monoisotopic (exact) mass is 787 g/mol. The Kier molecular flexibility index (Phi) is 11.0. The lowest BCUT2D eigenvalue weighted by Gasteiger charge is -2.44. The molecule has 16 nitrogen and oxygen atoms in total. The Hall–Kier alpha value is -5.49. The molecule has 7 atom stereocenters. The quantitative estimate of drug-likeness (QED) is 0.0774. The number of aromatic nitrogens is 2. The van der Waals surface area contributed by atoms with Crippen LogP contribution in [0.1, 0.15) is 72.4 Å². The van der Waals surface area contributed by atoms with E-state index in [0.29, 0.717) is 36.0 Å². The van der Waals surface area contributed by atoms with Gasteiger partial charge in [0.15, 0.2) is 17.6 Å². The number of carboxylic acid groups (broad SMARTS) is 1. The highest BCUT2D eigenvalue weighted by molar-refractivity contribution is 6.10. The second-order valence-corrected chi connectivity index (χ2v) is 15.0.